The number of thioether (sulfide) groups is 1. The molecule has 35 heavy (non-hydrogen) atoms. The number of carbonyl (C=O) groups excluding carboxylic acids is 1. The van der Waals surface area contributed by atoms with Gasteiger partial charge in [-0.3, -0.25) is 4.79 Å². The van der Waals surface area contributed by atoms with Gasteiger partial charge in [0.2, 0.25) is 0 Å². The van der Waals surface area contributed by atoms with E-state index in [-0.39, 0.29) is 5.91 Å². The number of aromatic nitrogens is 3. The molecule has 3 aromatic carbocycles. The van der Waals surface area contributed by atoms with E-state index in [9.17, 15) is 4.79 Å². The molecule has 0 unspecified atom stereocenters. The van der Waals surface area contributed by atoms with E-state index in [1.807, 2.05) is 60.0 Å². The summed E-state index contributed by atoms with van der Waals surface area (Å²) in [5.41, 5.74) is 4.51. The van der Waals surface area contributed by atoms with Crippen LogP contribution >= 0.6 is 27.7 Å². The summed E-state index contributed by atoms with van der Waals surface area (Å²) in [5, 5.41) is 18.8. The van der Waals surface area contributed by atoms with Crippen LogP contribution in [0.2, 0.25) is 0 Å². The minimum Gasteiger partial charge on any atom is -0.377 e. The van der Waals surface area contributed by atoms with Gasteiger partial charge in [-0.15, -0.1) is 16.8 Å². The number of fused-ring (bicyclic) bond motifs is 1. The van der Waals surface area contributed by atoms with E-state index in [0.717, 1.165) is 26.9 Å². The van der Waals surface area contributed by atoms with Crippen molar-refractivity contribution < 1.29 is 4.79 Å². The van der Waals surface area contributed by atoms with Crippen LogP contribution in [0.1, 0.15) is 18.3 Å². The Balaban J connectivity index is 1.41. The van der Waals surface area contributed by atoms with E-state index < -0.39 is 5.25 Å². The van der Waals surface area contributed by atoms with Crippen molar-refractivity contribution in [3.8, 4) is 0 Å². The van der Waals surface area contributed by atoms with Crippen molar-refractivity contribution >= 4 is 56.3 Å². The van der Waals surface area contributed by atoms with Crippen molar-refractivity contribution in [2.24, 2.45) is 5.10 Å². The first kappa shape index (κ1) is 24.7. The molecular weight excluding hydrogens is 524 g/mol. The summed E-state index contributed by atoms with van der Waals surface area (Å²) in [6, 6.07) is 22.1. The summed E-state index contributed by atoms with van der Waals surface area (Å²) in [6.45, 7) is 6.71. The highest BCUT2D eigenvalue weighted by Gasteiger charge is 2.19. The maximum Gasteiger partial charge on any atom is 0.253 e. The first-order valence-electron chi connectivity index (χ1n) is 11.0. The van der Waals surface area contributed by atoms with E-state index in [0.29, 0.717) is 18.2 Å². The van der Waals surface area contributed by atoms with E-state index in [4.69, 9.17) is 0 Å². The molecule has 1 amide bonds. The van der Waals surface area contributed by atoms with Crippen molar-refractivity contribution in [3.05, 3.63) is 95.2 Å². The van der Waals surface area contributed by atoms with Crippen LogP contribution in [0.4, 0.5) is 5.69 Å². The molecule has 4 rings (SSSR count). The fraction of sp³-hybridized carbons (Fsp3) is 0.154. The Labute approximate surface area is 216 Å². The molecular formula is C26H25BrN6OS. The van der Waals surface area contributed by atoms with Crippen molar-refractivity contribution in [2.75, 3.05) is 5.32 Å². The maximum atomic E-state index is 12.6. The van der Waals surface area contributed by atoms with Gasteiger partial charge in [0.15, 0.2) is 11.0 Å². The monoisotopic (exact) mass is 548 g/mol. The number of nitrogens with one attached hydrogen (secondary N) is 2. The minimum absolute atomic E-state index is 0.218. The lowest BCUT2D eigenvalue weighted by molar-refractivity contribution is -0.120. The number of carbonyl (C=O) groups is 1. The Morgan fingerprint density at radius 3 is 2.80 bits per heavy atom. The second-order valence-corrected chi connectivity index (χ2v) is 9.95. The van der Waals surface area contributed by atoms with Crippen molar-refractivity contribution in [1.82, 2.24) is 20.2 Å². The molecule has 0 aliphatic heterocycles. The topological polar surface area (TPSA) is 84.2 Å². The number of rotatable bonds is 10. The largest absolute Gasteiger partial charge is 0.377 e. The number of hydrazone groups is 1. The summed E-state index contributed by atoms with van der Waals surface area (Å²) in [7, 11) is 0. The van der Waals surface area contributed by atoms with Crippen LogP contribution in [0, 0.1) is 0 Å². The van der Waals surface area contributed by atoms with Gasteiger partial charge in [0.05, 0.1) is 18.0 Å². The zero-order chi connectivity index (χ0) is 24.6. The molecule has 0 fully saturated rings. The van der Waals surface area contributed by atoms with Crippen LogP contribution in [0.3, 0.4) is 0 Å². The number of amides is 1. The number of anilines is 1. The maximum absolute atomic E-state index is 12.6. The van der Waals surface area contributed by atoms with Gasteiger partial charge in [-0.2, -0.15) is 5.10 Å². The van der Waals surface area contributed by atoms with E-state index in [1.165, 1.54) is 17.1 Å². The van der Waals surface area contributed by atoms with Gasteiger partial charge in [-0.05, 0) is 36.1 Å². The Morgan fingerprint density at radius 2 is 1.97 bits per heavy atom. The molecule has 1 atom stereocenters. The minimum atomic E-state index is -0.415. The zero-order valence-electron chi connectivity index (χ0n) is 19.2. The van der Waals surface area contributed by atoms with Gasteiger partial charge in [0, 0.05) is 22.1 Å². The summed E-state index contributed by atoms with van der Waals surface area (Å²) in [5.74, 6) is 0.547. The Bertz CT molecular complexity index is 1360. The van der Waals surface area contributed by atoms with Crippen LogP contribution in [-0.4, -0.2) is 32.1 Å². The van der Waals surface area contributed by atoms with E-state index >= 15 is 0 Å². The van der Waals surface area contributed by atoms with Gasteiger partial charge in [0.1, 0.15) is 0 Å². The molecule has 9 heteroatoms. The predicted octanol–water partition coefficient (Wildman–Crippen LogP) is 5.62. The Kier molecular flexibility index (Phi) is 8.33. The number of benzene rings is 3. The van der Waals surface area contributed by atoms with Crippen LogP contribution in [0.15, 0.2) is 94.1 Å². The molecule has 0 aliphatic carbocycles. The van der Waals surface area contributed by atoms with Crippen LogP contribution in [0.5, 0.6) is 0 Å². The average Bonchev–Trinajstić information content (AvgIpc) is 3.23. The number of hydrogen-bond acceptors (Lipinski definition) is 6. The Morgan fingerprint density at radius 1 is 1.17 bits per heavy atom. The molecule has 0 radical (unpaired) electrons. The summed E-state index contributed by atoms with van der Waals surface area (Å²) < 4.78 is 2.91. The highest BCUT2D eigenvalue weighted by atomic mass is 79.9. The van der Waals surface area contributed by atoms with Crippen LogP contribution < -0.4 is 10.7 Å². The molecule has 0 saturated carbocycles. The van der Waals surface area contributed by atoms with Gasteiger partial charge >= 0.3 is 0 Å². The summed E-state index contributed by atoms with van der Waals surface area (Å²) >= 11 is 4.75. The molecule has 0 aliphatic rings. The molecule has 4 aromatic rings. The number of hydrogen-bond donors (Lipinski definition) is 2. The standard InChI is InChI=1S/C26H25BrN6OS/c1-3-14-33-24(17-28-23-13-7-10-20-9-4-5-12-22(20)23)30-32-26(33)35-18(2)25(34)31-29-16-19-8-6-11-21(27)15-19/h3-13,15-16,18,28H,1,14,17H2,2H3,(H,31,34)/b29-16-/t18-/m0/s1. The highest BCUT2D eigenvalue weighted by Crippen LogP contribution is 2.25. The predicted molar refractivity (Wildman–Crippen MR) is 147 cm³/mol. The quantitative estimate of drug-likeness (QED) is 0.116. The Hall–Kier alpha value is -3.43. The zero-order valence-corrected chi connectivity index (χ0v) is 21.6. The highest BCUT2D eigenvalue weighted by molar-refractivity contribution is 9.10. The molecule has 2 N–H and O–H groups in total. The molecule has 0 spiro atoms. The molecule has 1 aromatic heterocycles. The molecule has 178 valence electrons. The first-order chi connectivity index (χ1) is 17.0. The van der Waals surface area contributed by atoms with Gasteiger partial charge < -0.3 is 9.88 Å². The number of allylic oxidation sites excluding steroid dienone is 1. The lowest BCUT2D eigenvalue weighted by atomic mass is 10.1. The lowest BCUT2D eigenvalue weighted by Gasteiger charge is -2.13. The molecule has 7 nitrogen and oxygen atoms in total. The molecule has 0 saturated heterocycles. The third-order valence-corrected chi connectivity index (χ3v) is 6.79. The lowest BCUT2D eigenvalue weighted by Crippen LogP contribution is -2.27. The third-order valence-electron chi connectivity index (χ3n) is 5.22. The fourth-order valence-electron chi connectivity index (χ4n) is 3.46. The van der Waals surface area contributed by atoms with E-state index in [1.54, 1.807) is 12.3 Å². The summed E-state index contributed by atoms with van der Waals surface area (Å²) in [4.78, 5) is 12.6. The summed E-state index contributed by atoms with van der Waals surface area (Å²) in [6.07, 6.45) is 3.40. The normalized spacial score (nSPS) is 12.1. The van der Waals surface area contributed by atoms with Crippen molar-refractivity contribution in [3.63, 3.8) is 0 Å². The van der Waals surface area contributed by atoms with Crippen molar-refractivity contribution in [1.29, 1.82) is 0 Å². The molecule has 1 heterocycles. The first-order valence-corrected chi connectivity index (χ1v) is 12.7. The van der Waals surface area contributed by atoms with Gasteiger partial charge in [-0.25, -0.2) is 5.43 Å². The average molecular weight is 549 g/mol. The smallest absolute Gasteiger partial charge is 0.253 e. The second-order valence-electron chi connectivity index (χ2n) is 7.73. The van der Waals surface area contributed by atoms with Crippen LogP contribution in [0.25, 0.3) is 10.8 Å². The van der Waals surface area contributed by atoms with Crippen LogP contribution in [-0.2, 0) is 17.9 Å². The second kappa shape index (κ2) is 11.8. The molecule has 0 bridgehead atoms. The van der Waals surface area contributed by atoms with Gasteiger partial charge in [-0.1, -0.05) is 82.3 Å². The number of halogens is 1. The van der Waals surface area contributed by atoms with Gasteiger partial charge in [0.25, 0.3) is 5.91 Å². The fourth-order valence-corrected chi connectivity index (χ4v) is 4.75. The SMILES string of the molecule is C=CCn1c(CNc2cccc3ccccc23)nnc1S[C@@H](C)C(=O)N/N=C\c1cccc(Br)c1. The number of nitrogens with zero attached hydrogens (tertiary/aromatic N) is 4. The van der Waals surface area contributed by atoms with E-state index in [2.05, 4.69) is 66.7 Å². The third kappa shape index (κ3) is 6.37. The van der Waals surface area contributed by atoms with Crippen molar-refractivity contribution in [2.45, 2.75) is 30.4 Å².